The molecular weight excluding hydrogens is 1710 g/mol. The van der Waals surface area contributed by atoms with Crippen molar-refractivity contribution in [1.82, 2.24) is 57.5 Å². The van der Waals surface area contributed by atoms with Crippen molar-refractivity contribution < 1.29 is 0 Å². The summed E-state index contributed by atoms with van der Waals surface area (Å²) >= 11 is 0. The molecule has 0 bridgehead atoms. The first-order chi connectivity index (χ1) is 69.4. The normalized spacial score (nSPS) is 13.5. The highest BCUT2D eigenvalue weighted by Crippen LogP contribution is 2.57. The Bertz CT molecular complexity index is 10600. The number of nitrogens with zero attached hydrogens (tertiary/aromatic N) is 12. The van der Waals surface area contributed by atoms with E-state index in [1.807, 2.05) is 49.6 Å². The van der Waals surface area contributed by atoms with Crippen LogP contribution in [0, 0.1) is 0 Å². The quantitative estimate of drug-likeness (QED) is 0.138. The minimum absolute atomic E-state index is 0.942. The molecule has 648 valence electrons. The largest absolute Gasteiger partial charge is 0.292 e. The molecule has 12 nitrogen and oxygen atoms in total. The summed E-state index contributed by atoms with van der Waals surface area (Å²) in [4.78, 5) is 38.6. The van der Waals surface area contributed by atoms with E-state index >= 15 is 0 Å². The Balaban J connectivity index is 0.0000000829. The summed E-state index contributed by atoms with van der Waals surface area (Å²) in [5, 5.41) is 14.8. The fraction of sp³-hybridized carbons (Fsp3) is 0.0625. The standard InChI is InChI=1S/4C32H19N3/c1-2-6-21-18(5-1)13-19-14-25-20(15-24(19)21)16-26-22(25)9-10-23-31(26)27-17-33-12-11-29(27)35-30-8-4-3-7-28(30)34-32(23)35;1-2-6-20-18(5-1)15-24-21(20)10-9-19-16-25-22(30(19)24)11-12-23-31(25)26-17-33-14-13-28(26)35-29-8-4-3-7-27(29)34-32(23)35;1-2-6-20-18(5-1)15-19-9-10-21-22-11-12-23-31(25(22)16-24(21)30(19)20)26-17-33-14-13-28(26)35-29-8-4-3-7-27(29)34-32(23)35;1-2-6-19-18(5-1)15-24-20(19)9-10-21-22-11-12-23-31(26(22)16-25(21)24)27-17-33-14-13-29(27)35-30-8-4-3-7-28(30)34-32(23)35/h1-12,14-15,17H,13,16H2;3*1-14,17H,15-16H2. The molecule has 8 aliphatic rings. The lowest BCUT2D eigenvalue weighted by Crippen LogP contribution is -1.95. The Morgan fingerprint density at radius 3 is 0.893 bits per heavy atom. The SMILES string of the molecule is c1ccc2c(c1)Cc1c-2ccc2c1-c1ccc3c(c1C2)c1cnccc1n1c2ccccc2nc31.c1ccc2c(c1)Cc1c-2ccc2c1Cc1c-2ccc2c1c1cnccc1n1c3ccccc3nc21.c1ccc2c(c1)Cc1cc3c(cc1-2)Cc1c-3ccc2c1c1cnccc1n1c3ccccc3nc21.c1ccc2c(c1)Cc1ccc3c(c1-2)Cc1c-3ccc2c1c1cnccc1n1c3ccccc3nc21. The highest BCUT2D eigenvalue weighted by atomic mass is 15.0. The van der Waals surface area contributed by atoms with Crippen molar-refractivity contribution in [2.45, 2.75) is 51.4 Å². The summed E-state index contributed by atoms with van der Waals surface area (Å²) in [6.45, 7) is 0. The van der Waals surface area contributed by atoms with Crippen LogP contribution in [-0.4, -0.2) is 57.5 Å². The second kappa shape index (κ2) is 27.9. The molecule has 0 radical (unpaired) electrons. The van der Waals surface area contributed by atoms with Crippen LogP contribution in [0.15, 0.2) is 365 Å². The minimum Gasteiger partial charge on any atom is -0.292 e. The zero-order valence-corrected chi connectivity index (χ0v) is 75.7. The van der Waals surface area contributed by atoms with Gasteiger partial charge in [0.25, 0.3) is 0 Å². The zero-order valence-electron chi connectivity index (χ0n) is 75.7. The average molecular weight is 1780 g/mol. The molecule has 0 unspecified atom stereocenters. The fourth-order valence-electron chi connectivity index (χ4n) is 26.8. The van der Waals surface area contributed by atoms with Crippen LogP contribution >= 0.6 is 0 Å². The third-order valence-corrected chi connectivity index (χ3v) is 32.5. The highest BCUT2D eigenvalue weighted by Gasteiger charge is 2.37. The van der Waals surface area contributed by atoms with Gasteiger partial charge in [-0.25, -0.2) is 19.9 Å². The Morgan fingerprint density at radius 1 is 0.164 bits per heavy atom. The Labute approximate surface area is 799 Å². The first kappa shape index (κ1) is 75.3. The van der Waals surface area contributed by atoms with E-state index in [-0.39, 0.29) is 0 Å². The van der Waals surface area contributed by atoms with E-state index in [2.05, 4.69) is 353 Å². The molecule has 0 saturated heterocycles. The fourth-order valence-corrected chi connectivity index (χ4v) is 26.8. The number of imidazole rings is 4. The third-order valence-electron chi connectivity index (χ3n) is 32.5. The van der Waals surface area contributed by atoms with Crippen molar-refractivity contribution in [2.75, 3.05) is 0 Å². The van der Waals surface area contributed by atoms with Crippen LogP contribution < -0.4 is 0 Å². The van der Waals surface area contributed by atoms with E-state index in [1.165, 1.54) is 243 Å². The first-order valence-corrected chi connectivity index (χ1v) is 48.7. The van der Waals surface area contributed by atoms with Gasteiger partial charge in [-0.05, 0) is 339 Å². The van der Waals surface area contributed by atoms with Crippen LogP contribution in [0.3, 0.4) is 0 Å². The lowest BCUT2D eigenvalue weighted by Gasteiger charge is -2.13. The Morgan fingerprint density at radius 2 is 0.429 bits per heavy atom. The maximum atomic E-state index is 5.10. The van der Waals surface area contributed by atoms with Gasteiger partial charge in [0.15, 0.2) is 0 Å². The molecule has 0 amide bonds. The molecule has 8 aliphatic carbocycles. The number of benzene rings is 16. The highest BCUT2D eigenvalue weighted by molar-refractivity contribution is 6.22. The predicted octanol–water partition coefficient (Wildman–Crippen LogP) is 29.3. The van der Waals surface area contributed by atoms with Gasteiger partial charge in [0.05, 0.1) is 66.2 Å². The van der Waals surface area contributed by atoms with E-state index in [1.54, 1.807) is 0 Å². The lowest BCUT2D eigenvalue weighted by atomic mass is 9.93. The maximum absolute atomic E-state index is 5.10. The monoisotopic (exact) mass is 1780 g/mol. The minimum atomic E-state index is 0.942. The van der Waals surface area contributed by atoms with E-state index in [9.17, 15) is 0 Å². The van der Waals surface area contributed by atoms with Gasteiger partial charge >= 0.3 is 0 Å². The zero-order chi connectivity index (χ0) is 90.7. The van der Waals surface area contributed by atoms with Gasteiger partial charge in [-0.1, -0.05) is 206 Å². The average Bonchev–Trinajstić information content (AvgIpc) is 1.55. The summed E-state index contributed by atoms with van der Waals surface area (Å²) < 4.78 is 9.21. The molecule has 0 saturated carbocycles. The van der Waals surface area contributed by atoms with Crippen molar-refractivity contribution in [3.05, 3.63) is 454 Å². The van der Waals surface area contributed by atoms with Gasteiger partial charge < -0.3 is 0 Å². The van der Waals surface area contributed by atoms with Crippen LogP contribution in [0.2, 0.25) is 0 Å². The number of aromatic nitrogens is 12. The molecule has 36 rings (SSSR count). The molecule has 16 aromatic carbocycles. The van der Waals surface area contributed by atoms with E-state index in [0.717, 1.165) is 140 Å². The summed E-state index contributed by atoms with van der Waals surface area (Å²) in [6, 6.07) is 115. The van der Waals surface area contributed by atoms with Crippen LogP contribution in [0.25, 0.3) is 242 Å². The van der Waals surface area contributed by atoms with Crippen LogP contribution in [0.4, 0.5) is 0 Å². The van der Waals surface area contributed by atoms with E-state index in [4.69, 9.17) is 19.9 Å². The summed E-state index contributed by atoms with van der Waals surface area (Å²) in [5.74, 6) is 0. The van der Waals surface area contributed by atoms with Crippen molar-refractivity contribution >= 4 is 153 Å². The van der Waals surface area contributed by atoms with Gasteiger partial charge in [0.1, 0.15) is 22.6 Å². The Kier molecular flexibility index (Phi) is 15.0. The summed E-state index contributed by atoms with van der Waals surface area (Å²) in [5.41, 5.74) is 62.8. The van der Waals surface area contributed by atoms with Gasteiger partial charge in [-0.3, -0.25) is 37.5 Å². The Hall–Kier alpha value is -18.0. The summed E-state index contributed by atoms with van der Waals surface area (Å²) in [7, 11) is 0. The van der Waals surface area contributed by atoms with Gasteiger partial charge in [-0.15, -0.1) is 0 Å². The molecule has 0 fully saturated rings. The molecule has 0 aliphatic heterocycles. The lowest BCUT2D eigenvalue weighted by molar-refractivity contribution is 1.17. The van der Waals surface area contributed by atoms with Crippen LogP contribution in [0.5, 0.6) is 0 Å². The summed E-state index contributed by atoms with van der Waals surface area (Å²) in [6.07, 6.45) is 23.6. The molecule has 12 heterocycles. The van der Waals surface area contributed by atoms with E-state index in [0.29, 0.717) is 0 Å². The molecule has 12 aromatic heterocycles. The molecule has 0 atom stereocenters. The topological polar surface area (TPSA) is 121 Å². The van der Waals surface area contributed by atoms with Crippen molar-refractivity contribution in [2.24, 2.45) is 0 Å². The molecule has 0 N–H and O–H groups in total. The molecular formula is C128H76N12. The molecule has 12 heteroatoms. The predicted molar refractivity (Wildman–Crippen MR) is 568 cm³/mol. The van der Waals surface area contributed by atoms with Crippen LogP contribution in [0.1, 0.15) is 89.0 Å². The number of rotatable bonds is 0. The number of fused-ring (bicyclic) bond motifs is 63. The molecule has 28 aromatic rings. The van der Waals surface area contributed by atoms with Crippen molar-refractivity contribution in [3.8, 4) is 89.0 Å². The second-order valence-electron chi connectivity index (χ2n) is 39.2. The van der Waals surface area contributed by atoms with E-state index < -0.39 is 0 Å². The second-order valence-corrected chi connectivity index (χ2v) is 39.2. The third kappa shape index (κ3) is 10.2. The number of para-hydroxylation sites is 8. The van der Waals surface area contributed by atoms with Gasteiger partial charge in [-0.2, -0.15) is 0 Å². The number of pyridine rings is 8. The van der Waals surface area contributed by atoms with Crippen molar-refractivity contribution in [3.63, 3.8) is 0 Å². The molecule has 140 heavy (non-hydrogen) atoms. The first-order valence-electron chi connectivity index (χ1n) is 48.7. The molecule has 0 spiro atoms. The van der Waals surface area contributed by atoms with Gasteiger partial charge in [0.2, 0.25) is 0 Å². The van der Waals surface area contributed by atoms with Gasteiger partial charge in [0, 0.05) is 114 Å². The number of hydrogen-bond acceptors (Lipinski definition) is 8. The van der Waals surface area contributed by atoms with Crippen LogP contribution in [-0.2, 0) is 51.4 Å². The smallest absolute Gasteiger partial charge is 0.146 e. The van der Waals surface area contributed by atoms with Crippen molar-refractivity contribution in [1.29, 1.82) is 0 Å². The maximum Gasteiger partial charge on any atom is 0.146 e. The number of hydrogen-bond donors (Lipinski definition) is 0.